The molecule has 0 saturated carbocycles. The van der Waals surface area contributed by atoms with Gasteiger partial charge >= 0.3 is 5.97 Å². The first-order chi connectivity index (χ1) is 11.3. The average Bonchev–Trinajstić information content (AvgIpc) is 2.94. The zero-order chi connectivity index (χ0) is 17.3. The van der Waals surface area contributed by atoms with Gasteiger partial charge < -0.3 is 9.72 Å². The maximum atomic E-state index is 13.2. The van der Waals surface area contributed by atoms with Crippen molar-refractivity contribution < 1.29 is 13.9 Å². The summed E-state index contributed by atoms with van der Waals surface area (Å²) in [6, 6.07) is 13.8. The van der Waals surface area contributed by atoms with Gasteiger partial charge in [0, 0.05) is 11.6 Å². The number of aromatic amines is 1. The Morgan fingerprint density at radius 3 is 2.67 bits per heavy atom. The van der Waals surface area contributed by atoms with Crippen molar-refractivity contribution in [1.29, 1.82) is 0 Å². The lowest BCUT2D eigenvalue weighted by atomic mass is 10.2. The summed E-state index contributed by atoms with van der Waals surface area (Å²) < 4.78 is 19.2. The second kappa shape index (κ2) is 6.09. The Bertz CT molecular complexity index is 894. The standard InChI is InChI=1S/C19H20FN2O2/c1-22(2,3)17-6-4-5-14(10-17)19(23)24-12-16-9-13-7-8-15(20)11-18(13)21-16/h4-11,21H,12H2,1-3H3/q+1. The van der Waals surface area contributed by atoms with Crippen LogP contribution in [-0.4, -0.2) is 32.1 Å². The van der Waals surface area contributed by atoms with Gasteiger partial charge in [-0.15, -0.1) is 0 Å². The molecular formula is C19H20FN2O2+. The number of nitrogens with one attached hydrogen (secondary N) is 1. The molecule has 0 spiro atoms. The van der Waals surface area contributed by atoms with Crippen LogP contribution in [0, 0.1) is 5.82 Å². The molecular weight excluding hydrogens is 307 g/mol. The molecule has 0 atom stereocenters. The monoisotopic (exact) mass is 327 g/mol. The minimum absolute atomic E-state index is 0.115. The summed E-state index contributed by atoms with van der Waals surface area (Å²) in [5.41, 5.74) is 2.95. The predicted molar refractivity (Wildman–Crippen MR) is 93.4 cm³/mol. The first-order valence-electron chi connectivity index (χ1n) is 7.69. The normalized spacial score (nSPS) is 11.7. The number of nitrogens with zero attached hydrogens (tertiary/aromatic N) is 1. The number of hydrogen-bond donors (Lipinski definition) is 1. The summed E-state index contributed by atoms with van der Waals surface area (Å²) in [4.78, 5) is 15.3. The maximum Gasteiger partial charge on any atom is 0.338 e. The molecule has 24 heavy (non-hydrogen) atoms. The smallest absolute Gasteiger partial charge is 0.338 e. The number of aromatic nitrogens is 1. The van der Waals surface area contributed by atoms with Crippen LogP contribution >= 0.6 is 0 Å². The molecule has 0 aliphatic rings. The number of carbonyl (C=O) groups is 1. The highest BCUT2D eigenvalue weighted by atomic mass is 19.1. The van der Waals surface area contributed by atoms with Crippen LogP contribution in [-0.2, 0) is 11.3 Å². The van der Waals surface area contributed by atoms with Gasteiger partial charge in [0.2, 0.25) is 0 Å². The van der Waals surface area contributed by atoms with Crippen LogP contribution in [0.5, 0.6) is 0 Å². The first kappa shape index (κ1) is 16.2. The summed E-state index contributed by atoms with van der Waals surface area (Å²) in [6.07, 6.45) is 0. The minimum Gasteiger partial charge on any atom is -0.456 e. The molecule has 124 valence electrons. The number of carbonyl (C=O) groups excluding carboxylic acids is 1. The quantitative estimate of drug-likeness (QED) is 0.584. The topological polar surface area (TPSA) is 42.1 Å². The molecule has 4 nitrogen and oxygen atoms in total. The van der Waals surface area contributed by atoms with Gasteiger partial charge in [0.25, 0.3) is 0 Å². The van der Waals surface area contributed by atoms with E-state index in [2.05, 4.69) is 4.98 Å². The Labute approximate surface area is 140 Å². The molecule has 0 fully saturated rings. The Kier molecular flexibility index (Phi) is 4.11. The predicted octanol–water partition coefficient (Wildman–Crippen LogP) is 3.86. The van der Waals surface area contributed by atoms with Crippen molar-refractivity contribution in [2.75, 3.05) is 21.1 Å². The van der Waals surface area contributed by atoms with Crippen molar-refractivity contribution in [3.63, 3.8) is 0 Å². The van der Waals surface area contributed by atoms with E-state index in [9.17, 15) is 9.18 Å². The van der Waals surface area contributed by atoms with Crippen molar-refractivity contribution in [2.45, 2.75) is 6.61 Å². The van der Waals surface area contributed by atoms with Crippen LogP contribution in [0.15, 0.2) is 48.5 Å². The summed E-state index contributed by atoms with van der Waals surface area (Å²) >= 11 is 0. The largest absolute Gasteiger partial charge is 0.456 e. The molecule has 0 aliphatic heterocycles. The number of halogens is 1. The number of ether oxygens (including phenoxy) is 1. The lowest BCUT2D eigenvalue weighted by Gasteiger charge is -2.23. The first-order valence-corrected chi connectivity index (χ1v) is 7.69. The molecule has 3 aromatic rings. The molecule has 0 saturated heterocycles. The van der Waals surface area contributed by atoms with Crippen LogP contribution in [0.4, 0.5) is 10.1 Å². The summed E-state index contributed by atoms with van der Waals surface area (Å²) in [7, 11) is 6.11. The zero-order valence-electron chi connectivity index (χ0n) is 14.0. The van der Waals surface area contributed by atoms with Crippen LogP contribution in [0.3, 0.4) is 0 Å². The Balaban J connectivity index is 1.72. The average molecular weight is 327 g/mol. The molecule has 3 rings (SSSR count). The number of esters is 1. The maximum absolute atomic E-state index is 13.2. The van der Waals surface area contributed by atoms with E-state index >= 15 is 0 Å². The van der Waals surface area contributed by atoms with E-state index in [0.717, 1.165) is 16.8 Å². The molecule has 0 radical (unpaired) electrons. The number of rotatable bonds is 4. The molecule has 1 N–H and O–H groups in total. The number of fused-ring (bicyclic) bond motifs is 1. The highest BCUT2D eigenvalue weighted by Crippen LogP contribution is 2.20. The van der Waals surface area contributed by atoms with Crippen molar-refractivity contribution in [3.8, 4) is 0 Å². The lowest BCUT2D eigenvalue weighted by molar-refractivity contribution is 0.0468. The van der Waals surface area contributed by atoms with Gasteiger partial charge in [-0.05, 0) is 41.8 Å². The van der Waals surface area contributed by atoms with Gasteiger partial charge in [-0.25, -0.2) is 9.18 Å². The molecule has 0 unspecified atom stereocenters. The third kappa shape index (κ3) is 3.46. The lowest BCUT2D eigenvalue weighted by Crippen LogP contribution is -2.34. The fourth-order valence-electron chi connectivity index (χ4n) is 2.51. The molecule has 0 aliphatic carbocycles. The van der Waals surface area contributed by atoms with Crippen LogP contribution in [0.1, 0.15) is 16.1 Å². The second-order valence-corrected chi connectivity index (χ2v) is 6.67. The zero-order valence-corrected chi connectivity index (χ0v) is 14.0. The Morgan fingerprint density at radius 2 is 1.92 bits per heavy atom. The van der Waals surface area contributed by atoms with Crippen molar-refractivity contribution in [2.24, 2.45) is 0 Å². The van der Waals surface area contributed by atoms with E-state index < -0.39 is 0 Å². The number of H-pyrrole nitrogens is 1. The van der Waals surface area contributed by atoms with E-state index in [-0.39, 0.29) is 18.4 Å². The summed E-state index contributed by atoms with van der Waals surface area (Å²) in [6.45, 7) is 0.115. The number of benzene rings is 2. The minimum atomic E-state index is -0.380. The van der Waals surface area contributed by atoms with Gasteiger partial charge in [-0.1, -0.05) is 6.07 Å². The second-order valence-electron chi connectivity index (χ2n) is 6.67. The van der Waals surface area contributed by atoms with Gasteiger partial charge in [0.1, 0.15) is 18.1 Å². The fraction of sp³-hybridized carbons (Fsp3) is 0.211. The highest BCUT2D eigenvalue weighted by molar-refractivity contribution is 5.90. The van der Waals surface area contributed by atoms with Crippen molar-refractivity contribution in [3.05, 3.63) is 65.6 Å². The fourth-order valence-corrected chi connectivity index (χ4v) is 2.51. The number of hydrogen-bond acceptors (Lipinski definition) is 2. The van der Waals surface area contributed by atoms with Gasteiger partial charge in [0.15, 0.2) is 0 Å². The Hall–Kier alpha value is -2.66. The van der Waals surface area contributed by atoms with Crippen LogP contribution < -0.4 is 4.48 Å². The third-order valence-corrected chi connectivity index (χ3v) is 3.86. The van der Waals surface area contributed by atoms with Gasteiger partial charge in [-0.2, -0.15) is 0 Å². The molecule has 0 bridgehead atoms. The summed E-state index contributed by atoms with van der Waals surface area (Å²) in [5.74, 6) is -0.680. The van der Waals surface area contributed by atoms with Crippen LogP contribution in [0.25, 0.3) is 10.9 Å². The molecule has 1 aromatic heterocycles. The molecule has 1 heterocycles. The molecule has 5 heteroatoms. The van der Waals surface area contributed by atoms with Gasteiger partial charge in [-0.3, -0.25) is 4.48 Å². The highest BCUT2D eigenvalue weighted by Gasteiger charge is 2.16. The SMILES string of the molecule is C[N+](C)(C)c1cccc(C(=O)OCc2cc3ccc(F)cc3[nH]2)c1. The van der Waals surface area contributed by atoms with E-state index in [0.29, 0.717) is 15.6 Å². The Morgan fingerprint density at radius 1 is 1.12 bits per heavy atom. The van der Waals surface area contributed by atoms with E-state index in [1.54, 1.807) is 12.1 Å². The van der Waals surface area contributed by atoms with Crippen molar-refractivity contribution in [1.82, 2.24) is 9.47 Å². The number of quaternary nitrogens is 1. The van der Waals surface area contributed by atoms with Crippen LogP contribution in [0.2, 0.25) is 0 Å². The third-order valence-electron chi connectivity index (χ3n) is 3.86. The summed E-state index contributed by atoms with van der Waals surface area (Å²) in [5, 5.41) is 0.884. The van der Waals surface area contributed by atoms with E-state index in [1.807, 2.05) is 45.4 Å². The van der Waals surface area contributed by atoms with E-state index in [4.69, 9.17) is 4.74 Å². The molecule has 2 aromatic carbocycles. The van der Waals surface area contributed by atoms with Crippen molar-refractivity contribution >= 4 is 22.6 Å². The van der Waals surface area contributed by atoms with Gasteiger partial charge in [0.05, 0.1) is 32.4 Å². The molecule has 0 amide bonds. The van der Waals surface area contributed by atoms with E-state index in [1.165, 1.54) is 12.1 Å².